The van der Waals surface area contributed by atoms with Crippen LogP contribution in [0, 0.1) is 5.41 Å². The SMILES string of the molecule is CNS(=O)(=O)N(c1cccc(C2Nc3ccc(C(=O)O)cc3CC2(C)C)c1)S(=O)(=O)NC. The number of carbonyl (C=O) groups is 1. The van der Waals surface area contributed by atoms with Crippen LogP contribution in [0.15, 0.2) is 42.5 Å². The second-order valence-electron chi connectivity index (χ2n) is 8.13. The summed E-state index contributed by atoms with van der Waals surface area (Å²) in [5.41, 5.74) is 2.08. The van der Waals surface area contributed by atoms with Crippen molar-refractivity contribution in [2.75, 3.05) is 23.1 Å². The second-order valence-corrected chi connectivity index (χ2v) is 11.8. The van der Waals surface area contributed by atoms with Crippen molar-refractivity contribution < 1.29 is 26.7 Å². The molecule has 2 aromatic carbocycles. The average molecular weight is 483 g/mol. The molecule has 0 saturated carbocycles. The number of carboxylic acids is 1. The van der Waals surface area contributed by atoms with Crippen LogP contribution in [-0.4, -0.2) is 42.0 Å². The molecule has 10 nitrogen and oxygen atoms in total. The van der Waals surface area contributed by atoms with Crippen molar-refractivity contribution in [2.24, 2.45) is 5.41 Å². The number of hydrogen-bond acceptors (Lipinski definition) is 6. The van der Waals surface area contributed by atoms with Gasteiger partial charge in [0.15, 0.2) is 0 Å². The van der Waals surface area contributed by atoms with Gasteiger partial charge in [0.2, 0.25) is 0 Å². The molecule has 0 amide bonds. The number of fused-ring (bicyclic) bond motifs is 1. The molecule has 2 aromatic rings. The number of benzene rings is 2. The molecule has 1 unspecified atom stereocenters. The molecule has 0 bridgehead atoms. The maximum atomic E-state index is 12.5. The quantitative estimate of drug-likeness (QED) is 0.471. The zero-order chi connectivity index (χ0) is 23.9. The lowest BCUT2D eigenvalue weighted by Crippen LogP contribution is -2.47. The van der Waals surface area contributed by atoms with Crippen LogP contribution in [0.4, 0.5) is 11.4 Å². The van der Waals surface area contributed by atoms with E-state index in [0.29, 0.717) is 15.7 Å². The number of hydrogen-bond donors (Lipinski definition) is 4. The summed E-state index contributed by atoms with van der Waals surface area (Å²) in [4.78, 5) is 11.3. The Kier molecular flexibility index (Phi) is 6.26. The smallest absolute Gasteiger partial charge is 0.335 e. The fraction of sp³-hybridized carbons (Fsp3) is 0.350. The van der Waals surface area contributed by atoms with Gasteiger partial charge in [0.25, 0.3) is 0 Å². The van der Waals surface area contributed by atoms with Crippen LogP contribution < -0.4 is 18.5 Å². The summed E-state index contributed by atoms with van der Waals surface area (Å²) in [6.07, 6.45) is 0.568. The summed E-state index contributed by atoms with van der Waals surface area (Å²) in [6.45, 7) is 4.00. The summed E-state index contributed by atoms with van der Waals surface area (Å²) >= 11 is 0. The average Bonchev–Trinajstić information content (AvgIpc) is 2.72. The number of aromatic carboxylic acids is 1. The Balaban J connectivity index is 2.08. The number of nitrogens with one attached hydrogen (secondary N) is 3. The van der Waals surface area contributed by atoms with E-state index in [1.54, 1.807) is 24.3 Å². The molecule has 32 heavy (non-hydrogen) atoms. The molecule has 0 radical (unpaired) electrons. The highest BCUT2D eigenvalue weighted by molar-refractivity contribution is 8.08. The Hall–Kier alpha value is -2.67. The Morgan fingerprint density at radius 1 is 1.06 bits per heavy atom. The summed E-state index contributed by atoms with van der Waals surface area (Å²) in [5, 5.41) is 12.7. The number of rotatable bonds is 7. The van der Waals surface area contributed by atoms with E-state index in [2.05, 4.69) is 5.32 Å². The summed E-state index contributed by atoms with van der Waals surface area (Å²) < 4.78 is 54.4. The van der Waals surface area contributed by atoms with Crippen LogP contribution in [0.25, 0.3) is 0 Å². The molecule has 4 N–H and O–H groups in total. The van der Waals surface area contributed by atoms with Crippen molar-refractivity contribution in [3.05, 3.63) is 59.2 Å². The minimum atomic E-state index is -4.36. The molecular formula is C20H26N4O6S2. The van der Waals surface area contributed by atoms with Crippen molar-refractivity contribution in [3.8, 4) is 0 Å². The van der Waals surface area contributed by atoms with Crippen molar-refractivity contribution in [3.63, 3.8) is 0 Å². The van der Waals surface area contributed by atoms with Gasteiger partial charge >= 0.3 is 26.4 Å². The molecule has 1 aliphatic heterocycles. The minimum absolute atomic E-state index is 0.0455. The van der Waals surface area contributed by atoms with Crippen LogP contribution >= 0.6 is 0 Å². The van der Waals surface area contributed by atoms with Crippen LogP contribution in [0.5, 0.6) is 0 Å². The minimum Gasteiger partial charge on any atom is -0.478 e. The van der Waals surface area contributed by atoms with Crippen LogP contribution in [0.3, 0.4) is 0 Å². The van der Waals surface area contributed by atoms with E-state index >= 15 is 0 Å². The van der Waals surface area contributed by atoms with E-state index in [0.717, 1.165) is 25.3 Å². The van der Waals surface area contributed by atoms with E-state index in [9.17, 15) is 26.7 Å². The molecule has 3 rings (SSSR count). The Morgan fingerprint density at radius 2 is 1.69 bits per heavy atom. The maximum Gasteiger partial charge on any atom is 0.335 e. The molecule has 0 aliphatic carbocycles. The first-order valence-electron chi connectivity index (χ1n) is 9.72. The molecule has 0 fully saturated rings. The summed E-state index contributed by atoms with van der Waals surface area (Å²) in [6, 6.07) is 10.9. The molecular weight excluding hydrogens is 456 g/mol. The Bertz CT molecular complexity index is 1220. The van der Waals surface area contributed by atoms with Gasteiger partial charge in [-0.15, -0.1) is 3.71 Å². The third-order valence-corrected chi connectivity index (χ3v) is 8.95. The fourth-order valence-corrected chi connectivity index (χ4v) is 6.48. The van der Waals surface area contributed by atoms with Gasteiger partial charge in [0.05, 0.1) is 17.3 Å². The first kappa shape index (κ1) is 24.0. The number of anilines is 2. The lowest BCUT2D eigenvalue weighted by molar-refractivity contribution is 0.0696. The van der Waals surface area contributed by atoms with Crippen molar-refractivity contribution in [1.29, 1.82) is 0 Å². The lowest BCUT2D eigenvalue weighted by atomic mass is 9.72. The van der Waals surface area contributed by atoms with Gasteiger partial charge in [-0.25, -0.2) is 4.79 Å². The Morgan fingerprint density at radius 3 is 2.25 bits per heavy atom. The molecule has 1 atom stereocenters. The zero-order valence-electron chi connectivity index (χ0n) is 18.1. The third-order valence-electron chi connectivity index (χ3n) is 5.45. The zero-order valence-corrected chi connectivity index (χ0v) is 19.7. The first-order chi connectivity index (χ1) is 14.8. The highest BCUT2D eigenvalue weighted by atomic mass is 32.3. The standard InChI is InChI=1S/C20H26N4O6S2/c1-20(2)12-15-10-14(19(25)26)8-9-17(15)23-18(20)13-6-5-7-16(11-13)24(31(27,28)21-3)32(29,30)22-4/h5-11,18,21-23H,12H2,1-4H3,(H,25,26). The monoisotopic (exact) mass is 482 g/mol. The van der Waals surface area contributed by atoms with Crippen LogP contribution in [-0.2, 0) is 26.8 Å². The third kappa shape index (κ3) is 4.44. The van der Waals surface area contributed by atoms with Gasteiger partial charge in [-0.2, -0.15) is 26.3 Å². The highest BCUT2D eigenvalue weighted by Gasteiger charge is 2.38. The van der Waals surface area contributed by atoms with E-state index in [4.69, 9.17) is 0 Å². The van der Waals surface area contributed by atoms with E-state index < -0.39 is 31.8 Å². The molecule has 1 aliphatic rings. The predicted octanol–water partition coefficient (Wildman–Crippen LogP) is 1.86. The topological polar surface area (TPSA) is 145 Å². The second kappa shape index (κ2) is 8.35. The van der Waals surface area contributed by atoms with Gasteiger partial charge in [-0.1, -0.05) is 26.0 Å². The van der Waals surface area contributed by atoms with Crippen molar-refractivity contribution >= 4 is 37.8 Å². The molecule has 0 aromatic heterocycles. The molecule has 12 heteroatoms. The van der Waals surface area contributed by atoms with Crippen LogP contribution in [0.1, 0.15) is 41.4 Å². The van der Waals surface area contributed by atoms with E-state index in [1.165, 1.54) is 18.2 Å². The van der Waals surface area contributed by atoms with Gasteiger partial charge in [0, 0.05) is 19.8 Å². The van der Waals surface area contributed by atoms with Gasteiger partial charge in [-0.05, 0) is 53.3 Å². The fourth-order valence-electron chi connectivity index (χ4n) is 3.88. The largest absolute Gasteiger partial charge is 0.478 e. The summed E-state index contributed by atoms with van der Waals surface area (Å²) in [5.74, 6) is -1.00. The van der Waals surface area contributed by atoms with Crippen LogP contribution in [0.2, 0.25) is 0 Å². The van der Waals surface area contributed by atoms with Gasteiger partial charge in [0.1, 0.15) is 0 Å². The number of nitrogens with zero attached hydrogens (tertiary/aromatic N) is 1. The van der Waals surface area contributed by atoms with E-state index in [-0.39, 0.29) is 17.3 Å². The van der Waals surface area contributed by atoms with Crippen molar-refractivity contribution in [2.45, 2.75) is 26.3 Å². The van der Waals surface area contributed by atoms with Gasteiger partial charge in [-0.3, -0.25) is 0 Å². The highest BCUT2D eigenvalue weighted by Crippen LogP contribution is 2.45. The van der Waals surface area contributed by atoms with Crippen molar-refractivity contribution in [1.82, 2.24) is 9.44 Å². The first-order valence-corrected chi connectivity index (χ1v) is 12.6. The maximum absolute atomic E-state index is 12.5. The normalized spacial score (nSPS) is 17.8. The van der Waals surface area contributed by atoms with Gasteiger partial charge < -0.3 is 10.4 Å². The predicted molar refractivity (Wildman–Crippen MR) is 122 cm³/mol. The Labute approximate surface area is 188 Å². The molecule has 174 valence electrons. The molecule has 0 spiro atoms. The lowest BCUT2D eigenvalue weighted by Gasteiger charge is -2.41. The molecule has 0 saturated heterocycles. The number of carboxylic acid groups (broad SMARTS) is 1. The molecule has 1 heterocycles. The van der Waals surface area contributed by atoms with E-state index in [1.807, 2.05) is 23.3 Å². The summed E-state index contributed by atoms with van der Waals surface area (Å²) in [7, 11) is -6.47.